The van der Waals surface area contributed by atoms with Crippen molar-refractivity contribution in [2.45, 2.75) is 32.0 Å². The molecule has 1 fully saturated rings. The summed E-state index contributed by atoms with van der Waals surface area (Å²) in [5.74, 6) is 0.848. The first kappa shape index (κ1) is 12.7. The van der Waals surface area contributed by atoms with E-state index in [1.165, 1.54) is 11.1 Å². The normalized spacial score (nSPS) is 26.7. The lowest BCUT2D eigenvalue weighted by Crippen LogP contribution is -2.43. The van der Waals surface area contributed by atoms with Crippen LogP contribution in [0.15, 0.2) is 33.8 Å². The van der Waals surface area contributed by atoms with Gasteiger partial charge in [-0.25, -0.2) is 0 Å². The Labute approximate surface area is 123 Å². The second kappa shape index (κ2) is 4.51. The van der Waals surface area contributed by atoms with Gasteiger partial charge in [-0.2, -0.15) is 0 Å². The maximum Gasteiger partial charge on any atom is 0.133 e. The average Bonchev–Trinajstić information content (AvgIpc) is 3.14. The van der Waals surface area contributed by atoms with Crippen molar-refractivity contribution >= 4 is 11.9 Å². The Morgan fingerprint density at radius 1 is 1.33 bits per heavy atom. The van der Waals surface area contributed by atoms with Gasteiger partial charge in [0.15, 0.2) is 0 Å². The van der Waals surface area contributed by atoms with Crippen molar-refractivity contribution in [1.82, 2.24) is 15.8 Å². The number of aryl methyl sites for hydroxylation is 2. The molecule has 0 amide bonds. The van der Waals surface area contributed by atoms with Crippen LogP contribution in [-0.2, 0) is 12.0 Å². The summed E-state index contributed by atoms with van der Waals surface area (Å²) >= 11 is 0. The maximum absolute atomic E-state index is 5.13. The van der Waals surface area contributed by atoms with Gasteiger partial charge in [-0.05, 0) is 19.9 Å². The molecule has 1 aromatic heterocycles. The third-order valence-electron chi connectivity index (χ3n) is 4.21. The second-order valence-corrected chi connectivity index (χ2v) is 5.96. The highest BCUT2D eigenvalue weighted by molar-refractivity contribution is 5.85. The molecule has 2 aliphatic heterocycles. The number of hydrogen-bond acceptors (Lipinski definition) is 5. The molecule has 1 saturated heterocycles. The van der Waals surface area contributed by atoms with E-state index in [2.05, 4.69) is 45.9 Å². The third-order valence-corrected chi connectivity index (χ3v) is 4.21. The monoisotopic (exact) mass is 282 g/mol. The lowest BCUT2D eigenvalue weighted by molar-refractivity contribution is 0.384. The summed E-state index contributed by atoms with van der Waals surface area (Å²) in [6.45, 7) is 4.87. The highest BCUT2D eigenvalue weighted by Gasteiger charge is 2.42. The quantitative estimate of drug-likeness (QED) is 0.884. The van der Waals surface area contributed by atoms with Crippen molar-refractivity contribution in [3.8, 4) is 0 Å². The molecule has 2 aliphatic rings. The van der Waals surface area contributed by atoms with Crippen LogP contribution >= 0.6 is 0 Å². The SMILES string of the molecule is Cc1ccc2c(c1)C1(C=N2)CN[C@@H](Cc2cc(C)on2)N1. The predicted octanol–water partition coefficient (Wildman–Crippen LogP) is 1.96. The minimum absolute atomic E-state index is 0.174. The Morgan fingerprint density at radius 3 is 3.05 bits per heavy atom. The summed E-state index contributed by atoms with van der Waals surface area (Å²) in [5.41, 5.74) is 4.36. The minimum Gasteiger partial charge on any atom is -0.361 e. The van der Waals surface area contributed by atoms with Crippen LogP contribution in [0.25, 0.3) is 0 Å². The van der Waals surface area contributed by atoms with Crippen LogP contribution in [0.4, 0.5) is 5.69 Å². The van der Waals surface area contributed by atoms with E-state index in [4.69, 9.17) is 4.52 Å². The van der Waals surface area contributed by atoms with E-state index in [0.29, 0.717) is 0 Å². The molecule has 0 radical (unpaired) electrons. The molecule has 5 heteroatoms. The topological polar surface area (TPSA) is 62.5 Å². The van der Waals surface area contributed by atoms with E-state index in [1.54, 1.807) is 0 Å². The lowest BCUT2D eigenvalue weighted by atomic mass is 9.92. The Bertz CT molecular complexity index is 721. The van der Waals surface area contributed by atoms with E-state index in [0.717, 1.165) is 30.1 Å². The van der Waals surface area contributed by atoms with Gasteiger partial charge in [-0.1, -0.05) is 22.9 Å². The fourth-order valence-corrected chi connectivity index (χ4v) is 3.17. The molecule has 1 unspecified atom stereocenters. The van der Waals surface area contributed by atoms with E-state index in [-0.39, 0.29) is 11.7 Å². The standard InChI is InChI=1S/C16H18N4O/c1-10-3-4-14-13(5-10)16(8-17-14)9-18-15(19-16)7-12-6-11(2)21-20-12/h3-6,8,15,18-19H,7,9H2,1-2H3/t15-,16?/m1/s1. The molecule has 3 heterocycles. The summed E-state index contributed by atoms with van der Waals surface area (Å²) in [4.78, 5) is 4.56. The van der Waals surface area contributed by atoms with Gasteiger partial charge >= 0.3 is 0 Å². The zero-order valence-corrected chi connectivity index (χ0v) is 12.2. The van der Waals surface area contributed by atoms with Crippen LogP contribution in [-0.4, -0.2) is 24.1 Å². The number of benzene rings is 1. The van der Waals surface area contributed by atoms with Crippen LogP contribution in [0.5, 0.6) is 0 Å². The number of fused-ring (bicyclic) bond motifs is 2. The molecular weight excluding hydrogens is 264 g/mol. The summed E-state index contributed by atoms with van der Waals surface area (Å²) in [6, 6.07) is 8.40. The number of aliphatic imine (C=N–C) groups is 1. The van der Waals surface area contributed by atoms with Crippen LogP contribution in [0, 0.1) is 13.8 Å². The summed E-state index contributed by atoms with van der Waals surface area (Å²) in [5, 5.41) is 11.3. The Kier molecular flexibility index (Phi) is 2.74. The fourth-order valence-electron chi connectivity index (χ4n) is 3.17. The molecule has 4 rings (SSSR count). The summed E-state index contributed by atoms with van der Waals surface area (Å²) < 4.78 is 5.13. The molecule has 5 nitrogen and oxygen atoms in total. The molecule has 2 N–H and O–H groups in total. The van der Waals surface area contributed by atoms with Crippen LogP contribution in [0.2, 0.25) is 0 Å². The molecule has 2 atom stereocenters. The number of nitrogens with one attached hydrogen (secondary N) is 2. The van der Waals surface area contributed by atoms with Crippen molar-refractivity contribution in [3.05, 3.63) is 46.8 Å². The van der Waals surface area contributed by atoms with Gasteiger partial charge in [0.25, 0.3) is 0 Å². The Balaban J connectivity index is 1.57. The van der Waals surface area contributed by atoms with E-state index < -0.39 is 0 Å². The van der Waals surface area contributed by atoms with Crippen molar-refractivity contribution in [1.29, 1.82) is 0 Å². The molecule has 0 bridgehead atoms. The summed E-state index contributed by atoms with van der Waals surface area (Å²) in [7, 11) is 0. The fraction of sp³-hybridized carbons (Fsp3) is 0.375. The maximum atomic E-state index is 5.13. The third kappa shape index (κ3) is 2.09. The van der Waals surface area contributed by atoms with Crippen molar-refractivity contribution in [3.63, 3.8) is 0 Å². The average molecular weight is 282 g/mol. The highest BCUT2D eigenvalue weighted by Crippen LogP contribution is 2.37. The van der Waals surface area contributed by atoms with Gasteiger partial charge in [-0.15, -0.1) is 0 Å². The van der Waals surface area contributed by atoms with Crippen molar-refractivity contribution in [2.75, 3.05) is 6.54 Å². The smallest absolute Gasteiger partial charge is 0.133 e. The van der Waals surface area contributed by atoms with Crippen LogP contribution in [0.3, 0.4) is 0 Å². The number of aromatic nitrogens is 1. The summed E-state index contributed by atoms with van der Waals surface area (Å²) in [6.07, 6.45) is 3.00. The minimum atomic E-state index is -0.190. The molecule has 21 heavy (non-hydrogen) atoms. The lowest BCUT2D eigenvalue weighted by Gasteiger charge is -2.22. The molecule has 0 saturated carbocycles. The van der Waals surface area contributed by atoms with E-state index >= 15 is 0 Å². The largest absolute Gasteiger partial charge is 0.361 e. The zero-order valence-electron chi connectivity index (χ0n) is 12.2. The van der Waals surface area contributed by atoms with Crippen molar-refractivity contribution in [2.24, 2.45) is 4.99 Å². The van der Waals surface area contributed by atoms with Gasteiger partial charge < -0.3 is 4.52 Å². The number of nitrogens with zero attached hydrogens (tertiary/aromatic N) is 2. The van der Waals surface area contributed by atoms with Gasteiger partial charge in [0.1, 0.15) is 5.76 Å². The van der Waals surface area contributed by atoms with E-state index in [1.807, 2.05) is 19.2 Å². The first-order valence-electron chi connectivity index (χ1n) is 7.24. The van der Waals surface area contributed by atoms with Crippen LogP contribution in [0.1, 0.15) is 22.6 Å². The molecule has 2 aromatic rings. The first-order valence-corrected chi connectivity index (χ1v) is 7.24. The molecule has 108 valence electrons. The van der Waals surface area contributed by atoms with Gasteiger partial charge in [0, 0.05) is 30.8 Å². The Hall–Kier alpha value is -1.98. The Morgan fingerprint density at radius 2 is 2.24 bits per heavy atom. The van der Waals surface area contributed by atoms with Gasteiger partial charge in [0.2, 0.25) is 0 Å². The zero-order chi connectivity index (χ0) is 14.4. The van der Waals surface area contributed by atoms with E-state index in [9.17, 15) is 0 Å². The second-order valence-electron chi connectivity index (χ2n) is 5.96. The molecule has 0 aliphatic carbocycles. The van der Waals surface area contributed by atoms with Gasteiger partial charge in [0.05, 0.1) is 23.1 Å². The van der Waals surface area contributed by atoms with Crippen molar-refractivity contribution < 1.29 is 4.52 Å². The number of rotatable bonds is 2. The molecular formula is C16H18N4O. The number of hydrogen-bond donors (Lipinski definition) is 2. The molecule has 1 aromatic carbocycles. The van der Waals surface area contributed by atoms with Crippen LogP contribution < -0.4 is 10.6 Å². The highest BCUT2D eigenvalue weighted by atomic mass is 16.5. The van der Waals surface area contributed by atoms with Gasteiger partial charge in [-0.3, -0.25) is 15.6 Å². The molecule has 1 spiro atoms. The first-order chi connectivity index (χ1) is 10.1. The predicted molar refractivity (Wildman–Crippen MR) is 80.9 cm³/mol.